The highest BCUT2D eigenvalue weighted by molar-refractivity contribution is 5.80. The van der Waals surface area contributed by atoms with E-state index < -0.39 is 12.0 Å². The molecule has 100 valence electrons. The fourth-order valence-electron chi connectivity index (χ4n) is 1.73. The maximum atomic E-state index is 12.9. The van der Waals surface area contributed by atoms with Crippen molar-refractivity contribution in [3.8, 4) is 0 Å². The van der Waals surface area contributed by atoms with Crippen LogP contribution in [-0.4, -0.2) is 22.6 Å². The Kier molecular flexibility index (Phi) is 3.79. The first-order chi connectivity index (χ1) is 9.11. The van der Waals surface area contributed by atoms with Crippen molar-refractivity contribution in [3.63, 3.8) is 0 Å². The second-order valence-corrected chi connectivity index (χ2v) is 4.04. The normalized spacial score (nSPS) is 11.9. The van der Waals surface area contributed by atoms with Crippen LogP contribution >= 0.6 is 0 Å². The minimum atomic E-state index is -0.692. The van der Waals surface area contributed by atoms with Crippen molar-refractivity contribution < 1.29 is 13.9 Å². The van der Waals surface area contributed by atoms with Gasteiger partial charge in [0.1, 0.15) is 5.82 Å². The minimum absolute atomic E-state index is 0.333. The zero-order chi connectivity index (χ0) is 13.8. The van der Waals surface area contributed by atoms with Gasteiger partial charge in [0.15, 0.2) is 6.04 Å². The number of methoxy groups -OCH3 is 1. The minimum Gasteiger partial charge on any atom is -0.467 e. The van der Waals surface area contributed by atoms with E-state index in [4.69, 9.17) is 4.74 Å². The molecule has 1 heterocycles. The first-order valence-electron chi connectivity index (χ1n) is 5.68. The van der Waals surface area contributed by atoms with Crippen molar-refractivity contribution in [2.45, 2.75) is 6.04 Å². The lowest BCUT2D eigenvalue weighted by molar-refractivity contribution is -0.141. The van der Waals surface area contributed by atoms with Gasteiger partial charge in [-0.1, -0.05) is 0 Å². The fraction of sp³-hybridized carbons (Fsp3) is 0.231. The summed E-state index contributed by atoms with van der Waals surface area (Å²) in [5.41, 5.74) is 1.29. The molecular formula is C13H14FN3O2. The SMILES string of the molecule is COC(=O)C(Nc1ccc(F)cc1)c1cncn1C. The van der Waals surface area contributed by atoms with Crippen LogP contribution in [0.5, 0.6) is 0 Å². The number of aryl methyl sites for hydroxylation is 1. The number of nitrogens with zero attached hydrogens (tertiary/aromatic N) is 2. The molecular weight excluding hydrogens is 249 g/mol. The summed E-state index contributed by atoms with van der Waals surface area (Å²) in [5, 5.41) is 3.00. The standard InChI is InChI=1S/C13H14FN3O2/c1-17-8-15-7-11(17)12(13(18)19-2)16-10-5-3-9(14)4-6-10/h3-8,12,16H,1-2H3. The molecule has 0 aliphatic rings. The predicted molar refractivity (Wildman–Crippen MR) is 68.0 cm³/mol. The number of halogens is 1. The summed E-state index contributed by atoms with van der Waals surface area (Å²) in [5.74, 6) is -0.770. The van der Waals surface area contributed by atoms with Crippen molar-refractivity contribution in [3.05, 3.63) is 48.3 Å². The molecule has 0 aliphatic carbocycles. The largest absolute Gasteiger partial charge is 0.467 e. The summed E-state index contributed by atoms with van der Waals surface area (Å²) < 4.78 is 19.3. The lowest BCUT2D eigenvalue weighted by Gasteiger charge is -2.18. The molecule has 1 aromatic heterocycles. The van der Waals surface area contributed by atoms with E-state index in [-0.39, 0.29) is 5.82 Å². The summed E-state index contributed by atoms with van der Waals surface area (Å²) in [6.07, 6.45) is 3.18. The number of nitrogens with one attached hydrogen (secondary N) is 1. The maximum Gasteiger partial charge on any atom is 0.334 e. The fourth-order valence-corrected chi connectivity index (χ4v) is 1.73. The van der Waals surface area contributed by atoms with Gasteiger partial charge in [0, 0.05) is 12.7 Å². The molecule has 0 amide bonds. The Labute approximate surface area is 110 Å². The van der Waals surface area contributed by atoms with Gasteiger partial charge in [-0.3, -0.25) is 0 Å². The molecule has 0 aliphatic heterocycles. The maximum absolute atomic E-state index is 12.9. The first-order valence-corrected chi connectivity index (χ1v) is 5.68. The van der Waals surface area contributed by atoms with Gasteiger partial charge in [0.25, 0.3) is 0 Å². The molecule has 0 radical (unpaired) electrons. The highest BCUT2D eigenvalue weighted by atomic mass is 19.1. The number of benzene rings is 1. The Morgan fingerprint density at radius 2 is 2.11 bits per heavy atom. The van der Waals surface area contributed by atoms with E-state index >= 15 is 0 Å². The third-order valence-corrected chi connectivity index (χ3v) is 2.74. The smallest absolute Gasteiger partial charge is 0.334 e. The molecule has 0 spiro atoms. The van der Waals surface area contributed by atoms with Crippen molar-refractivity contribution >= 4 is 11.7 Å². The van der Waals surface area contributed by atoms with Gasteiger partial charge >= 0.3 is 5.97 Å². The van der Waals surface area contributed by atoms with E-state index in [0.717, 1.165) is 0 Å². The summed E-state index contributed by atoms with van der Waals surface area (Å²) in [6.45, 7) is 0. The van der Waals surface area contributed by atoms with Crippen LogP contribution in [0.25, 0.3) is 0 Å². The first kappa shape index (κ1) is 13.1. The summed E-state index contributed by atoms with van der Waals surface area (Å²) in [7, 11) is 3.10. The number of carbonyl (C=O) groups excluding carboxylic acids is 1. The summed E-state index contributed by atoms with van der Waals surface area (Å²) >= 11 is 0. The Morgan fingerprint density at radius 3 is 2.63 bits per heavy atom. The van der Waals surface area contributed by atoms with Crippen molar-refractivity contribution in [1.29, 1.82) is 0 Å². The molecule has 6 heteroatoms. The Hall–Kier alpha value is -2.37. The van der Waals surface area contributed by atoms with Gasteiger partial charge in [-0.2, -0.15) is 0 Å². The molecule has 1 N–H and O–H groups in total. The number of rotatable bonds is 4. The number of carbonyl (C=O) groups is 1. The lowest BCUT2D eigenvalue weighted by Crippen LogP contribution is -2.24. The molecule has 1 aromatic carbocycles. The lowest BCUT2D eigenvalue weighted by atomic mass is 10.2. The number of aromatic nitrogens is 2. The zero-order valence-corrected chi connectivity index (χ0v) is 10.6. The van der Waals surface area contributed by atoms with Crippen molar-refractivity contribution in [2.24, 2.45) is 7.05 Å². The van der Waals surface area contributed by atoms with E-state index in [1.54, 1.807) is 36.3 Å². The molecule has 0 saturated heterocycles. The molecule has 0 bridgehead atoms. The average Bonchev–Trinajstić information content (AvgIpc) is 2.83. The molecule has 0 fully saturated rings. The molecule has 19 heavy (non-hydrogen) atoms. The van der Waals surface area contributed by atoms with Gasteiger partial charge in [-0.25, -0.2) is 14.2 Å². The summed E-state index contributed by atoms with van der Waals surface area (Å²) in [6, 6.07) is 5.06. The number of hydrogen-bond donors (Lipinski definition) is 1. The monoisotopic (exact) mass is 263 g/mol. The number of hydrogen-bond acceptors (Lipinski definition) is 4. The van der Waals surface area contributed by atoms with Gasteiger partial charge in [-0.15, -0.1) is 0 Å². The van der Waals surface area contributed by atoms with E-state index in [1.807, 2.05) is 0 Å². The molecule has 0 saturated carbocycles. The molecule has 2 rings (SSSR count). The number of ether oxygens (including phenoxy) is 1. The van der Waals surface area contributed by atoms with E-state index in [1.165, 1.54) is 19.2 Å². The van der Waals surface area contributed by atoms with Gasteiger partial charge in [0.2, 0.25) is 0 Å². The average molecular weight is 263 g/mol. The van der Waals surface area contributed by atoms with Crippen molar-refractivity contribution in [2.75, 3.05) is 12.4 Å². The van der Waals surface area contributed by atoms with Crippen LogP contribution in [-0.2, 0) is 16.6 Å². The van der Waals surface area contributed by atoms with Crippen molar-refractivity contribution in [1.82, 2.24) is 9.55 Å². The number of esters is 1. The van der Waals surface area contributed by atoms with Crippen LogP contribution in [0.3, 0.4) is 0 Å². The third kappa shape index (κ3) is 2.90. The third-order valence-electron chi connectivity index (χ3n) is 2.74. The summed E-state index contributed by atoms with van der Waals surface area (Å²) in [4.78, 5) is 15.8. The second kappa shape index (κ2) is 5.51. The predicted octanol–water partition coefficient (Wildman–Crippen LogP) is 1.89. The van der Waals surface area contributed by atoms with Gasteiger partial charge < -0.3 is 14.6 Å². The van der Waals surface area contributed by atoms with Crippen LogP contribution in [0.4, 0.5) is 10.1 Å². The molecule has 1 unspecified atom stereocenters. The van der Waals surface area contributed by atoms with E-state index in [2.05, 4.69) is 10.3 Å². The number of anilines is 1. The Balaban J connectivity index is 2.27. The zero-order valence-electron chi connectivity index (χ0n) is 10.6. The van der Waals surface area contributed by atoms with Gasteiger partial charge in [-0.05, 0) is 24.3 Å². The molecule has 5 nitrogen and oxygen atoms in total. The Bertz CT molecular complexity index is 566. The highest BCUT2D eigenvalue weighted by Gasteiger charge is 2.24. The van der Waals surface area contributed by atoms with Crippen LogP contribution in [0.2, 0.25) is 0 Å². The van der Waals surface area contributed by atoms with E-state index in [9.17, 15) is 9.18 Å². The number of imidazole rings is 1. The van der Waals surface area contributed by atoms with Crippen LogP contribution in [0.15, 0.2) is 36.8 Å². The highest BCUT2D eigenvalue weighted by Crippen LogP contribution is 2.20. The van der Waals surface area contributed by atoms with Crippen LogP contribution in [0, 0.1) is 5.82 Å². The second-order valence-electron chi connectivity index (χ2n) is 4.04. The van der Waals surface area contributed by atoms with Crippen LogP contribution in [0.1, 0.15) is 11.7 Å². The van der Waals surface area contributed by atoms with Crippen LogP contribution < -0.4 is 5.32 Å². The van der Waals surface area contributed by atoms with Gasteiger partial charge in [0.05, 0.1) is 25.3 Å². The van der Waals surface area contributed by atoms with E-state index in [0.29, 0.717) is 11.4 Å². The molecule has 1 atom stereocenters. The Morgan fingerprint density at radius 1 is 1.42 bits per heavy atom. The quantitative estimate of drug-likeness (QED) is 0.856. The topological polar surface area (TPSA) is 56.1 Å². The molecule has 2 aromatic rings.